The van der Waals surface area contributed by atoms with Crippen molar-refractivity contribution < 1.29 is 9.53 Å². The summed E-state index contributed by atoms with van der Waals surface area (Å²) in [6.45, 7) is 2.85. The fraction of sp³-hybridized carbons (Fsp3) is 0.278. The summed E-state index contributed by atoms with van der Waals surface area (Å²) in [6.07, 6.45) is 0. The number of para-hydroxylation sites is 2. The highest BCUT2D eigenvalue weighted by molar-refractivity contribution is 6.30. The summed E-state index contributed by atoms with van der Waals surface area (Å²) in [5.74, 6) is 0.856. The number of amides is 2. The van der Waals surface area contributed by atoms with Crippen molar-refractivity contribution >= 4 is 29.0 Å². The normalized spacial score (nSPS) is 14.4. The quantitative estimate of drug-likeness (QED) is 0.922. The van der Waals surface area contributed by atoms with Crippen LogP contribution in [-0.4, -0.2) is 44.2 Å². The van der Waals surface area contributed by atoms with Gasteiger partial charge in [-0.05, 0) is 30.3 Å². The molecular weight excluding hydrogens is 326 g/mol. The minimum atomic E-state index is -0.100. The first-order valence-corrected chi connectivity index (χ1v) is 8.24. The Hall–Kier alpha value is -2.40. The van der Waals surface area contributed by atoms with Crippen molar-refractivity contribution in [3.05, 3.63) is 53.6 Å². The second-order valence-corrected chi connectivity index (χ2v) is 6.02. The monoisotopic (exact) mass is 345 g/mol. The molecule has 1 heterocycles. The number of halogens is 1. The van der Waals surface area contributed by atoms with E-state index in [2.05, 4.69) is 10.2 Å². The third-order valence-corrected chi connectivity index (χ3v) is 4.30. The predicted molar refractivity (Wildman–Crippen MR) is 97.3 cm³/mol. The molecule has 0 bridgehead atoms. The highest BCUT2D eigenvalue weighted by Crippen LogP contribution is 2.28. The first kappa shape index (κ1) is 16.5. The lowest BCUT2D eigenvalue weighted by Crippen LogP contribution is -2.50. The number of hydrogen-bond donors (Lipinski definition) is 1. The number of nitrogens with zero attached hydrogens (tertiary/aromatic N) is 2. The van der Waals surface area contributed by atoms with E-state index in [-0.39, 0.29) is 6.03 Å². The number of carbonyl (C=O) groups is 1. The summed E-state index contributed by atoms with van der Waals surface area (Å²) in [5.41, 5.74) is 1.77. The van der Waals surface area contributed by atoms with E-state index in [9.17, 15) is 4.79 Å². The van der Waals surface area contributed by atoms with E-state index < -0.39 is 0 Å². The standard InChI is InChI=1S/C18H20ClN3O2/c1-24-17-8-3-2-7-16(17)21-9-11-22(12-10-21)18(23)20-15-6-4-5-14(19)13-15/h2-8,13H,9-12H2,1H3,(H,20,23). The zero-order chi connectivity index (χ0) is 16.9. The van der Waals surface area contributed by atoms with Crippen LogP contribution in [0.3, 0.4) is 0 Å². The zero-order valence-corrected chi connectivity index (χ0v) is 14.3. The van der Waals surface area contributed by atoms with Crippen LogP contribution in [-0.2, 0) is 0 Å². The van der Waals surface area contributed by atoms with Gasteiger partial charge in [0.2, 0.25) is 0 Å². The Morgan fingerprint density at radius 1 is 1.08 bits per heavy atom. The number of nitrogens with one attached hydrogen (secondary N) is 1. The van der Waals surface area contributed by atoms with Crippen molar-refractivity contribution in [2.45, 2.75) is 0 Å². The van der Waals surface area contributed by atoms with Crippen LogP contribution in [0.4, 0.5) is 16.2 Å². The summed E-state index contributed by atoms with van der Waals surface area (Å²) < 4.78 is 5.42. The molecule has 0 spiro atoms. The maximum Gasteiger partial charge on any atom is 0.321 e. The highest BCUT2D eigenvalue weighted by Gasteiger charge is 2.22. The molecule has 0 atom stereocenters. The van der Waals surface area contributed by atoms with Crippen molar-refractivity contribution in [1.82, 2.24) is 4.90 Å². The Labute approximate surface area is 146 Å². The van der Waals surface area contributed by atoms with Crippen LogP contribution in [0.2, 0.25) is 5.02 Å². The van der Waals surface area contributed by atoms with Crippen LogP contribution >= 0.6 is 11.6 Å². The van der Waals surface area contributed by atoms with Crippen molar-refractivity contribution in [2.75, 3.05) is 43.5 Å². The van der Waals surface area contributed by atoms with E-state index in [0.717, 1.165) is 24.5 Å². The second-order valence-electron chi connectivity index (χ2n) is 5.59. The molecule has 1 N–H and O–H groups in total. The van der Waals surface area contributed by atoms with Crippen LogP contribution in [0.5, 0.6) is 5.75 Å². The summed E-state index contributed by atoms with van der Waals surface area (Å²) in [5, 5.41) is 3.49. The van der Waals surface area contributed by atoms with Crippen molar-refractivity contribution in [1.29, 1.82) is 0 Å². The molecule has 0 aromatic heterocycles. The maximum absolute atomic E-state index is 12.4. The molecule has 1 aliphatic heterocycles. The minimum Gasteiger partial charge on any atom is -0.495 e. The van der Waals surface area contributed by atoms with E-state index in [0.29, 0.717) is 23.8 Å². The summed E-state index contributed by atoms with van der Waals surface area (Å²) >= 11 is 5.95. The van der Waals surface area contributed by atoms with Gasteiger partial charge in [0.15, 0.2) is 0 Å². The van der Waals surface area contributed by atoms with Gasteiger partial charge in [-0.15, -0.1) is 0 Å². The van der Waals surface area contributed by atoms with Gasteiger partial charge in [-0.25, -0.2) is 4.79 Å². The molecule has 6 heteroatoms. The van der Waals surface area contributed by atoms with Crippen molar-refractivity contribution in [2.24, 2.45) is 0 Å². The van der Waals surface area contributed by atoms with Crippen LogP contribution in [0.1, 0.15) is 0 Å². The van der Waals surface area contributed by atoms with E-state index in [4.69, 9.17) is 16.3 Å². The van der Waals surface area contributed by atoms with Crippen molar-refractivity contribution in [3.8, 4) is 5.75 Å². The largest absolute Gasteiger partial charge is 0.495 e. The summed E-state index contributed by atoms with van der Waals surface area (Å²) in [7, 11) is 1.67. The molecule has 24 heavy (non-hydrogen) atoms. The summed E-state index contributed by atoms with van der Waals surface area (Å²) in [6, 6.07) is 15.0. The Kier molecular flexibility index (Phi) is 5.11. The van der Waals surface area contributed by atoms with E-state index in [1.165, 1.54) is 0 Å². The molecule has 2 aromatic rings. The number of carbonyl (C=O) groups excluding carboxylic acids is 1. The fourth-order valence-electron chi connectivity index (χ4n) is 2.81. The third kappa shape index (κ3) is 3.74. The number of ether oxygens (including phenoxy) is 1. The van der Waals surface area contributed by atoms with E-state index in [1.54, 1.807) is 19.2 Å². The topological polar surface area (TPSA) is 44.8 Å². The smallest absolute Gasteiger partial charge is 0.321 e. The molecule has 1 fully saturated rings. The first-order valence-electron chi connectivity index (χ1n) is 7.87. The Bertz CT molecular complexity index is 715. The average Bonchev–Trinajstić information content (AvgIpc) is 2.62. The first-order chi connectivity index (χ1) is 11.7. The molecule has 1 saturated heterocycles. The van der Waals surface area contributed by atoms with Crippen molar-refractivity contribution in [3.63, 3.8) is 0 Å². The zero-order valence-electron chi connectivity index (χ0n) is 13.5. The molecule has 0 unspecified atom stereocenters. The van der Waals surface area contributed by atoms with Crippen LogP contribution in [0.15, 0.2) is 48.5 Å². The fourth-order valence-corrected chi connectivity index (χ4v) is 3.00. The molecule has 3 rings (SSSR count). The molecule has 126 valence electrons. The molecule has 0 aliphatic carbocycles. The number of methoxy groups -OCH3 is 1. The third-order valence-electron chi connectivity index (χ3n) is 4.07. The molecular formula is C18H20ClN3O2. The maximum atomic E-state index is 12.4. The molecule has 0 saturated carbocycles. The lowest BCUT2D eigenvalue weighted by atomic mass is 10.2. The van der Waals surface area contributed by atoms with Gasteiger partial charge in [0.25, 0.3) is 0 Å². The Morgan fingerprint density at radius 2 is 1.83 bits per heavy atom. The van der Waals surface area contributed by atoms with Gasteiger partial charge in [-0.3, -0.25) is 0 Å². The number of anilines is 2. The van der Waals surface area contributed by atoms with Crippen LogP contribution in [0, 0.1) is 0 Å². The highest BCUT2D eigenvalue weighted by atomic mass is 35.5. The number of benzene rings is 2. The number of rotatable bonds is 3. The van der Waals surface area contributed by atoms with Crippen LogP contribution < -0.4 is 15.0 Å². The molecule has 2 amide bonds. The SMILES string of the molecule is COc1ccccc1N1CCN(C(=O)Nc2cccc(Cl)c2)CC1. The predicted octanol–water partition coefficient (Wildman–Crippen LogP) is 3.70. The van der Waals surface area contributed by atoms with Gasteiger partial charge in [-0.1, -0.05) is 29.8 Å². The lowest BCUT2D eigenvalue weighted by molar-refractivity contribution is 0.208. The average molecular weight is 346 g/mol. The van der Waals surface area contributed by atoms with Gasteiger partial charge >= 0.3 is 6.03 Å². The van der Waals surface area contributed by atoms with Gasteiger partial charge in [-0.2, -0.15) is 0 Å². The molecule has 2 aromatic carbocycles. The Balaban J connectivity index is 1.59. The Morgan fingerprint density at radius 3 is 2.54 bits per heavy atom. The van der Waals surface area contributed by atoms with Crippen LogP contribution in [0.25, 0.3) is 0 Å². The van der Waals surface area contributed by atoms with E-state index >= 15 is 0 Å². The van der Waals surface area contributed by atoms with Gasteiger partial charge < -0.3 is 19.9 Å². The molecule has 1 aliphatic rings. The minimum absolute atomic E-state index is 0.100. The van der Waals surface area contributed by atoms with Gasteiger partial charge in [0.1, 0.15) is 5.75 Å². The summed E-state index contributed by atoms with van der Waals surface area (Å²) in [4.78, 5) is 16.4. The second kappa shape index (κ2) is 7.45. The number of urea groups is 1. The number of piperazine rings is 1. The lowest BCUT2D eigenvalue weighted by Gasteiger charge is -2.36. The molecule has 5 nitrogen and oxygen atoms in total. The van der Waals surface area contributed by atoms with E-state index in [1.807, 2.05) is 41.3 Å². The molecule has 0 radical (unpaired) electrons. The number of hydrogen-bond acceptors (Lipinski definition) is 3. The van der Waals surface area contributed by atoms with Gasteiger partial charge in [0.05, 0.1) is 12.8 Å². The van der Waals surface area contributed by atoms with Gasteiger partial charge in [0, 0.05) is 36.9 Å².